The van der Waals surface area contributed by atoms with Gasteiger partial charge in [0.25, 0.3) is 6.43 Å². The molecule has 4 aliphatic heterocycles. The number of halogens is 2. The van der Waals surface area contributed by atoms with Crippen LogP contribution in [-0.2, 0) is 32.0 Å². The van der Waals surface area contributed by atoms with Crippen LogP contribution in [0.5, 0.6) is 0 Å². The SMILES string of the molecule is CN1C(=O)C(C2CCC(=O)NC2=O)c2cccc(CCCOC3CCN(CC4CCC(n5cc(CC(=O)c6cnn7ccc(N8CC(O)C8)nc67)c(C(F)F)n5)CC4)CC3)c21. The van der Waals surface area contributed by atoms with Crippen molar-refractivity contribution in [2.24, 2.45) is 11.8 Å². The molecule has 3 amide bonds. The van der Waals surface area contributed by atoms with Crippen LogP contribution in [-0.4, -0.2) is 116 Å². The molecule has 5 aliphatic rings. The first-order chi connectivity index (χ1) is 29.5. The molecule has 15 nitrogen and oxygen atoms in total. The minimum Gasteiger partial charge on any atom is -0.389 e. The fourth-order valence-corrected chi connectivity index (χ4v) is 10.2. The Morgan fingerprint density at radius 3 is 2.54 bits per heavy atom. The number of aliphatic hydroxyl groups is 1. The summed E-state index contributed by atoms with van der Waals surface area (Å²) in [6.07, 6.45) is 9.21. The van der Waals surface area contributed by atoms with Gasteiger partial charge >= 0.3 is 0 Å². The maximum atomic E-state index is 14.2. The van der Waals surface area contributed by atoms with Gasteiger partial charge in [0.2, 0.25) is 17.7 Å². The van der Waals surface area contributed by atoms with Crippen LogP contribution in [0.2, 0.25) is 0 Å². The van der Waals surface area contributed by atoms with Gasteiger partial charge in [-0.15, -0.1) is 0 Å². The van der Waals surface area contributed by atoms with Crippen LogP contribution in [0, 0.1) is 11.8 Å². The van der Waals surface area contributed by atoms with Crippen LogP contribution >= 0.6 is 0 Å². The number of likely N-dealkylation sites (N-methyl/N-ethyl adjacent to an activating group) is 1. The molecule has 2 atom stereocenters. The van der Waals surface area contributed by atoms with Crippen LogP contribution in [0.1, 0.15) is 109 Å². The van der Waals surface area contributed by atoms with Crippen molar-refractivity contribution < 1.29 is 37.8 Å². The zero-order valence-corrected chi connectivity index (χ0v) is 34.4. The number of ketones is 1. The van der Waals surface area contributed by atoms with E-state index in [9.17, 15) is 33.1 Å². The number of para-hydroxylation sites is 1. The number of carbonyl (C=O) groups excluding carboxylic acids is 4. The number of nitrogens with one attached hydrogen (secondary N) is 1. The Bertz CT molecular complexity index is 2290. The van der Waals surface area contributed by atoms with Crippen molar-refractivity contribution in [1.82, 2.24) is 34.6 Å². The van der Waals surface area contributed by atoms with E-state index < -0.39 is 24.4 Å². The second-order valence-corrected chi connectivity index (χ2v) is 17.5. The summed E-state index contributed by atoms with van der Waals surface area (Å²) < 4.78 is 38.0. The monoisotopic (exact) mass is 841 g/mol. The molecule has 0 spiro atoms. The molecular weight excluding hydrogens is 789 g/mol. The quantitative estimate of drug-likeness (QED) is 0.105. The number of imide groups is 1. The zero-order chi connectivity index (χ0) is 42.4. The van der Waals surface area contributed by atoms with Gasteiger partial charge in [0.1, 0.15) is 11.5 Å². The highest BCUT2D eigenvalue weighted by Gasteiger charge is 2.45. The number of alkyl halides is 2. The summed E-state index contributed by atoms with van der Waals surface area (Å²) >= 11 is 0. The van der Waals surface area contributed by atoms with E-state index in [-0.39, 0.29) is 65.3 Å². The van der Waals surface area contributed by atoms with E-state index >= 15 is 0 Å². The van der Waals surface area contributed by atoms with Gasteiger partial charge in [-0.3, -0.25) is 29.2 Å². The van der Waals surface area contributed by atoms with Crippen molar-refractivity contribution in [1.29, 1.82) is 0 Å². The normalized spacial score (nSPS) is 24.2. The van der Waals surface area contributed by atoms with Gasteiger partial charge in [-0.25, -0.2) is 18.3 Å². The molecule has 17 heteroatoms. The highest BCUT2D eigenvalue weighted by Crippen LogP contribution is 2.45. The number of anilines is 2. The van der Waals surface area contributed by atoms with Crippen molar-refractivity contribution in [3.05, 3.63) is 70.8 Å². The number of β-amino-alcohol motifs (C(OH)–C–C–N with tert-alkyl or cyclic N) is 1. The molecular formula is C44H53F2N9O6. The summed E-state index contributed by atoms with van der Waals surface area (Å²) in [4.78, 5) is 61.9. The van der Waals surface area contributed by atoms with Crippen LogP contribution < -0.4 is 15.1 Å². The number of amides is 3. The van der Waals surface area contributed by atoms with E-state index in [1.807, 2.05) is 23.1 Å². The van der Waals surface area contributed by atoms with Gasteiger partial charge in [-0.1, -0.05) is 18.2 Å². The molecule has 61 heavy (non-hydrogen) atoms. The highest BCUT2D eigenvalue weighted by molar-refractivity contribution is 6.09. The summed E-state index contributed by atoms with van der Waals surface area (Å²) in [5, 5.41) is 20.7. The van der Waals surface area contributed by atoms with Crippen LogP contribution in [0.4, 0.5) is 20.3 Å². The van der Waals surface area contributed by atoms with Gasteiger partial charge in [-0.2, -0.15) is 10.2 Å². The Labute approximate surface area is 352 Å². The lowest BCUT2D eigenvalue weighted by Gasteiger charge is -2.36. The van der Waals surface area contributed by atoms with E-state index in [4.69, 9.17) is 4.74 Å². The first-order valence-electron chi connectivity index (χ1n) is 21.7. The minimum absolute atomic E-state index is 0.00517. The molecule has 9 rings (SSSR count). The molecule has 1 saturated carbocycles. The van der Waals surface area contributed by atoms with Crippen LogP contribution in [0.15, 0.2) is 42.9 Å². The molecule has 3 saturated heterocycles. The summed E-state index contributed by atoms with van der Waals surface area (Å²) in [6, 6.07) is 7.68. The molecule has 7 heterocycles. The number of hydrogen-bond donors (Lipinski definition) is 2. The molecule has 4 aromatic rings. The van der Waals surface area contributed by atoms with E-state index in [2.05, 4.69) is 25.4 Å². The third-order valence-electron chi connectivity index (χ3n) is 13.5. The van der Waals surface area contributed by atoms with Crippen molar-refractivity contribution >= 4 is 40.7 Å². The molecule has 2 N–H and O–H groups in total. The number of benzene rings is 1. The lowest BCUT2D eigenvalue weighted by molar-refractivity contribution is -0.139. The lowest BCUT2D eigenvalue weighted by atomic mass is 9.81. The lowest BCUT2D eigenvalue weighted by Crippen LogP contribution is -2.51. The number of aliphatic hydroxyl groups excluding tert-OH is 1. The van der Waals surface area contributed by atoms with Crippen LogP contribution in [0.3, 0.4) is 0 Å². The smallest absolute Gasteiger partial charge is 0.282 e. The highest BCUT2D eigenvalue weighted by atomic mass is 19.3. The number of carbonyl (C=O) groups is 4. The number of nitrogens with zero attached hydrogens (tertiary/aromatic N) is 8. The molecule has 1 aromatic carbocycles. The Kier molecular flexibility index (Phi) is 11.7. The molecule has 0 radical (unpaired) electrons. The van der Waals surface area contributed by atoms with E-state index in [0.717, 1.165) is 87.8 Å². The Balaban J connectivity index is 0.719. The van der Waals surface area contributed by atoms with Gasteiger partial charge in [0, 0.05) is 77.2 Å². The van der Waals surface area contributed by atoms with Gasteiger partial charge < -0.3 is 24.5 Å². The maximum absolute atomic E-state index is 14.2. The molecule has 324 valence electrons. The van der Waals surface area contributed by atoms with Gasteiger partial charge in [-0.05, 0) is 80.9 Å². The number of fused-ring (bicyclic) bond motifs is 2. The number of rotatable bonds is 14. The number of hydrogen-bond acceptors (Lipinski definition) is 11. The second-order valence-electron chi connectivity index (χ2n) is 17.5. The number of likely N-dealkylation sites (tertiary alicyclic amines) is 1. The molecule has 0 bridgehead atoms. The predicted molar refractivity (Wildman–Crippen MR) is 220 cm³/mol. The number of Topliss-reactive ketones (excluding diaryl/α,β-unsaturated/α-hetero) is 1. The fourth-order valence-electron chi connectivity index (χ4n) is 10.2. The Morgan fingerprint density at radius 1 is 1.02 bits per heavy atom. The van der Waals surface area contributed by atoms with Gasteiger partial charge in [0.05, 0.1) is 47.5 Å². The number of aromatic nitrogens is 5. The average molecular weight is 842 g/mol. The van der Waals surface area contributed by atoms with Crippen molar-refractivity contribution in [2.45, 2.75) is 101 Å². The van der Waals surface area contributed by atoms with Crippen molar-refractivity contribution in [2.75, 3.05) is 56.2 Å². The first kappa shape index (κ1) is 41.2. The van der Waals surface area contributed by atoms with Crippen molar-refractivity contribution in [3.63, 3.8) is 0 Å². The topological polar surface area (TPSA) is 167 Å². The largest absolute Gasteiger partial charge is 0.389 e. The average Bonchev–Trinajstić information content (AvgIpc) is 3.93. The van der Waals surface area contributed by atoms with Crippen LogP contribution in [0.25, 0.3) is 5.65 Å². The summed E-state index contributed by atoms with van der Waals surface area (Å²) in [7, 11) is 1.76. The Hall–Kier alpha value is -5.13. The summed E-state index contributed by atoms with van der Waals surface area (Å²) in [6.45, 7) is 4.46. The van der Waals surface area contributed by atoms with Gasteiger partial charge in [0.15, 0.2) is 11.4 Å². The van der Waals surface area contributed by atoms with E-state index in [1.165, 1.54) is 10.7 Å². The summed E-state index contributed by atoms with van der Waals surface area (Å²) in [5.74, 6) is -1.10. The molecule has 3 aromatic heterocycles. The maximum Gasteiger partial charge on any atom is 0.282 e. The second kappa shape index (κ2) is 17.3. The van der Waals surface area contributed by atoms with E-state index in [0.29, 0.717) is 43.5 Å². The minimum atomic E-state index is -2.81. The third kappa shape index (κ3) is 8.43. The predicted octanol–water partition coefficient (Wildman–Crippen LogP) is 4.43. The first-order valence-corrected chi connectivity index (χ1v) is 21.7. The van der Waals surface area contributed by atoms with Crippen molar-refractivity contribution in [3.8, 4) is 0 Å². The fraction of sp³-hybridized carbons (Fsp3) is 0.568. The number of ether oxygens (including phenoxy) is 1. The standard InChI is InChI=1S/C44H53F2N9O6/c1-51-40-27(4-2-6-32(40)38(44(51)60)33-11-12-37(58)49-43(33)59)5-3-19-61-31-13-16-52(17-14-31)22-26-7-9-29(10-8-26)55-23-28(39(50-55)41(45)46)20-35(57)34-21-47-54-18-15-36(48-42(34)54)53-24-30(56)25-53/h2,4,6,15,18,21,23,26,29-31,33,38,41,56H,3,5,7-14,16-17,19-20,22,24-25H2,1H3,(H,49,58,59). The molecule has 2 unspecified atom stereocenters. The molecule has 4 fully saturated rings. The third-order valence-corrected chi connectivity index (χ3v) is 13.5. The number of piperidine rings is 2. The zero-order valence-electron chi connectivity index (χ0n) is 34.4. The van der Waals surface area contributed by atoms with E-state index in [1.54, 1.807) is 35.1 Å². The number of aryl methyl sites for hydroxylation is 1. The molecule has 1 aliphatic carbocycles. The Morgan fingerprint density at radius 2 is 1.80 bits per heavy atom. The summed E-state index contributed by atoms with van der Waals surface area (Å²) in [5.41, 5.74) is 3.28.